The third-order valence-electron chi connectivity index (χ3n) is 3.55. The fourth-order valence-corrected chi connectivity index (χ4v) is 2.47. The van der Waals surface area contributed by atoms with Gasteiger partial charge in [0.1, 0.15) is 5.60 Å². The zero-order valence-electron chi connectivity index (χ0n) is 15.5. The lowest BCUT2D eigenvalue weighted by atomic mass is 10.1. The lowest BCUT2D eigenvalue weighted by molar-refractivity contribution is 0.124. The van der Waals surface area contributed by atoms with Crippen molar-refractivity contribution in [3.05, 3.63) is 48.2 Å². The van der Waals surface area contributed by atoms with E-state index in [0.717, 1.165) is 11.3 Å². The highest BCUT2D eigenvalue weighted by Gasteiger charge is 2.16. The molecule has 0 aliphatic carbocycles. The minimum atomic E-state index is -0.464. The number of nitrogens with zero attached hydrogens (tertiary/aromatic N) is 4. The van der Waals surface area contributed by atoms with Crippen LogP contribution in [0.3, 0.4) is 0 Å². The van der Waals surface area contributed by atoms with E-state index in [1.54, 1.807) is 29.2 Å². The van der Waals surface area contributed by atoms with Crippen molar-refractivity contribution in [2.24, 2.45) is 7.05 Å². The van der Waals surface area contributed by atoms with Gasteiger partial charge in [-0.25, -0.2) is 14.4 Å². The highest BCUT2D eigenvalue weighted by atomic mass is 19.1. The first-order valence-corrected chi connectivity index (χ1v) is 8.29. The van der Waals surface area contributed by atoms with Gasteiger partial charge in [-0.1, -0.05) is 0 Å². The molecule has 0 bridgehead atoms. The molecule has 0 spiro atoms. The van der Waals surface area contributed by atoms with Crippen molar-refractivity contribution in [2.75, 3.05) is 5.32 Å². The van der Waals surface area contributed by atoms with Gasteiger partial charge in [0.05, 0.1) is 17.6 Å². The highest BCUT2D eigenvalue weighted by Crippen LogP contribution is 2.29. The normalized spacial score (nSPS) is 11.5. The molecule has 0 amide bonds. The van der Waals surface area contributed by atoms with Crippen LogP contribution in [-0.2, 0) is 7.05 Å². The Labute approximate surface area is 152 Å². The molecule has 0 saturated carbocycles. The number of benzene rings is 1. The third kappa shape index (κ3) is 4.17. The topological polar surface area (TPSA) is 64.9 Å². The Hall–Kier alpha value is -2.96. The van der Waals surface area contributed by atoms with Crippen LogP contribution in [-0.4, -0.2) is 25.3 Å². The maximum Gasteiger partial charge on any atom is 0.227 e. The second-order valence-electron chi connectivity index (χ2n) is 7.11. The molecule has 0 radical (unpaired) electrons. The predicted molar refractivity (Wildman–Crippen MR) is 99.0 cm³/mol. The van der Waals surface area contributed by atoms with E-state index in [-0.39, 0.29) is 5.75 Å². The highest BCUT2D eigenvalue weighted by molar-refractivity contribution is 5.65. The molecule has 0 atom stereocenters. The van der Waals surface area contributed by atoms with Gasteiger partial charge in [0, 0.05) is 25.0 Å². The minimum absolute atomic E-state index is 0.224. The van der Waals surface area contributed by atoms with Crippen LogP contribution in [0.15, 0.2) is 36.8 Å². The van der Waals surface area contributed by atoms with Crippen molar-refractivity contribution in [2.45, 2.75) is 33.3 Å². The Morgan fingerprint density at radius 3 is 2.58 bits per heavy atom. The summed E-state index contributed by atoms with van der Waals surface area (Å²) >= 11 is 0. The second kappa shape index (κ2) is 6.74. The fraction of sp³-hybridized carbons (Fsp3) is 0.316. The molecule has 0 unspecified atom stereocenters. The first kappa shape index (κ1) is 17.8. The number of ether oxygens (including phenoxy) is 1. The summed E-state index contributed by atoms with van der Waals surface area (Å²) in [6.45, 7) is 7.53. The number of anilines is 2. The van der Waals surface area contributed by atoms with Crippen molar-refractivity contribution in [1.29, 1.82) is 0 Å². The summed E-state index contributed by atoms with van der Waals surface area (Å²) in [7, 11) is 1.83. The number of nitrogens with one attached hydrogen (secondary N) is 1. The smallest absolute Gasteiger partial charge is 0.227 e. The molecule has 0 aliphatic heterocycles. The summed E-state index contributed by atoms with van der Waals surface area (Å²) in [5.74, 6) is 0.230. The molecule has 1 aromatic carbocycles. The minimum Gasteiger partial charge on any atom is -0.485 e. The SMILES string of the molecule is Cc1cnc(Nc2cnn(C)c2)nc1-c1ccc(OC(C)(C)C)c(F)c1. The van der Waals surface area contributed by atoms with Crippen molar-refractivity contribution in [3.8, 4) is 17.0 Å². The molecule has 0 fully saturated rings. The van der Waals surface area contributed by atoms with E-state index >= 15 is 0 Å². The summed E-state index contributed by atoms with van der Waals surface area (Å²) < 4.78 is 21.8. The van der Waals surface area contributed by atoms with Gasteiger partial charge in [-0.15, -0.1) is 0 Å². The van der Waals surface area contributed by atoms with Crippen molar-refractivity contribution in [3.63, 3.8) is 0 Å². The van der Waals surface area contributed by atoms with E-state index in [0.29, 0.717) is 17.2 Å². The molecular weight excluding hydrogens is 333 g/mol. The fourth-order valence-electron chi connectivity index (χ4n) is 2.47. The Morgan fingerprint density at radius 2 is 1.96 bits per heavy atom. The number of rotatable bonds is 4. The Balaban J connectivity index is 1.91. The maximum atomic E-state index is 14.5. The van der Waals surface area contributed by atoms with Crippen LogP contribution in [0.5, 0.6) is 5.75 Å². The maximum absolute atomic E-state index is 14.5. The van der Waals surface area contributed by atoms with Gasteiger partial charge in [-0.05, 0) is 51.5 Å². The van der Waals surface area contributed by atoms with E-state index in [2.05, 4.69) is 20.4 Å². The molecule has 1 N–H and O–H groups in total. The van der Waals surface area contributed by atoms with E-state index < -0.39 is 11.4 Å². The summed E-state index contributed by atoms with van der Waals surface area (Å²) in [6.07, 6.45) is 5.21. The molecule has 26 heavy (non-hydrogen) atoms. The summed E-state index contributed by atoms with van der Waals surface area (Å²) in [4.78, 5) is 8.81. The van der Waals surface area contributed by atoms with Crippen molar-refractivity contribution in [1.82, 2.24) is 19.7 Å². The van der Waals surface area contributed by atoms with Crippen LogP contribution in [0.1, 0.15) is 26.3 Å². The number of hydrogen-bond acceptors (Lipinski definition) is 5. The molecule has 7 heteroatoms. The van der Waals surface area contributed by atoms with Crippen molar-refractivity contribution < 1.29 is 9.13 Å². The summed E-state index contributed by atoms with van der Waals surface area (Å²) in [5, 5.41) is 7.19. The predicted octanol–water partition coefficient (Wildman–Crippen LogP) is 4.25. The Morgan fingerprint density at radius 1 is 1.19 bits per heavy atom. The molecule has 0 saturated heterocycles. The number of aromatic nitrogens is 4. The zero-order chi connectivity index (χ0) is 18.9. The average Bonchev–Trinajstić information content (AvgIpc) is 2.95. The van der Waals surface area contributed by atoms with E-state index in [1.807, 2.05) is 40.9 Å². The number of halogens is 1. The van der Waals surface area contributed by atoms with Gasteiger partial charge >= 0.3 is 0 Å². The summed E-state index contributed by atoms with van der Waals surface area (Å²) in [6, 6.07) is 4.86. The van der Waals surface area contributed by atoms with E-state index in [4.69, 9.17) is 4.74 Å². The Bertz CT molecular complexity index is 930. The first-order chi connectivity index (χ1) is 12.2. The van der Waals surface area contributed by atoms with Gasteiger partial charge in [0.2, 0.25) is 5.95 Å². The lowest BCUT2D eigenvalue weighted by Gasteiger charge is -2.21. The van der Waals surface area contributed by atoms with Crippen LogP contribution in [0.25, 0.3) is 11.3 Å². The van der Waals surface area contributed by atoms with Crippen LogP contribution in [0.4, 0.5) is 16.0 Å². The Kier molecular flexibility index (Phi) is 4.63. The number of hydrogen-bond donors (Lipinski definition) is 1. The van der Waals surface area contributed by atoms with Crippen LogP contribution < -0.4 is 10.1 Å². The molecule has 2 aromatic heterocycles. The standard InChI is InChI=1S/C19H22FN5O/c1-12-9-21-18(23-14-10-22-25(5)11-14)24-17(12)13-6-7-16(15(20)8-13)26-19(2,3)4/h6-11H,1-5H3,(H,21,23,24). The molecule has 3 rings (SSSR count). The van der Waals surface area contributed by atoms with Gasteiger partial charge in [0.15, 0.2) is 11.6 Å². The molecular formula is C19H22FN5O. The lowest BCUT2D eigenvalue weighted by Crippen LogP contribution is -2.23. The second-order valence-corrected chi connectivity index (χ2v) is 7.11. The average molecular weight is 355 g/mol. The first-order valence-electron chi connectivity index (χ1n) is 8.29. The largest absolute Gasteiger partial charge is 0.485 e. The quantitative estimate of drug-likeness (QED) is 0.758. The van der Waals surface area contributed by atoms with Crippen LogP contribution in [0.2, 0.25) is 0 Å². The summed E-state index contributed by atoms with van der Waals surface area (Å²) in [5.41, 5.74) is 2.49. The zero-order valence-corrected chi connectivity index (χ0v) is 15.5. The van der Waals surface area contributed by atoms with Gasteiger partial charge in [-0.3, -0.25) is 4.68 Å². The van der Waals surface area contributed by atoms with Gasteiger partial charge in [0.25, 0.3) is 0 Å². The van der Waals surface area contributed by atoms with Crippen molar-refractivity contribution >= 4 is 11.6 Å². The van der Waals surface area contributed by atoms with Crippen LogP contribution >= 0.6 is 0 Å². The molecule has 3 aromatic rings. The third-order valence-corrected chi connectivity index (χ3v) is 3.55. The van der Waals surface area contributed by atoms with E-state index in [1.165, 1.54) is 6.07 Å². The molecule has 2 heterocycles. The molecule has 136 valence electrons. The van der Waals surface area contributed by atoms with Gasteiger partial charge < -0.3 is 10.1 Å². The molecule has 0 aliphatic rings. The van der Waals surface area contributed by atoms with Gasteiger partial charge in [-0.2, -0.15) is 5.10 Å². The van der Waals surface area contributed by atoms with E-state index in [9.17, 15) is 4.39 Å². The van der Waals surface area contributed by atoms with Crippen LogP contribution in [0, 0.1) is 12.7 Å². The monoisotopic (exact) mass is 355 g/mol. The number of aryl methyl sites for hydroxylation is 2. The molecule has 6 nitrogen and oxygen atoms in total.